The van der Waals surface area contributed by atoms with Crippen molar-refractivity contribution in [1.82, 2.24) is 10.0 Å². The molecule has 22 heavy (non-hydrogen) atoms. The van der Waals surface area contributed by atoms with Crippen molar-refractivity contribution in [3.05, 3.63) is 28.2 Å². The van der Waals surface area contributed by atoms with Gasteiger partial charge in [0.05, 0.1) is 17.7 Å². The molecule has 124 valence electrons. The first kappa shape index (κ1) is 19.2. The Morgan fingerprint density at radius 1 is 1.32 bits per heavy atom. The van der Waals surface area contributed by atoms with E-state index in [1.165, 1.54) is 32.2 Å². The predicted molar refractivity (Wildman–Crippen MR) is 85.7 cm³/mol. The van der Waals surface area contributed by atoms with Gasteiger partial charge >= 0.3 is 0 Å². The standard InChI is InChI=1S/C13H18Cl2N2O4S/c1-8(7-21-3)16-13(18)9(2)17-22(19,20)12-6-10(14)4-5-11(12)15/h4-6,8-9,17H,7H2,1-3H3,(H,16,18)/t8-,9+/m0/s1. The molecule has 0 saturated heterocycles. The molecule has 1 aromatic carbocycles. The molecule has 1 aromatic rings. The van der Waals surface area contributed by atoms with Crippen LogP contribution in [0.2, 0.25) is 10.0 Å². The summed E-state index contributed by atoms with van der Waals surface area (Å²) in [7, 11) is -2.45. The maximum absolute atomic E-state index is 12.3. The number of carbonyl (C=O) groups is 1. The number of hydrogen-bond acceptors (Lipinski definition) is 4. The van der Waals surface area contributed by atoms with E-state index >= 15 is 0 Å². The fraction of sp³-hybridized carbons (Fsp3) is 0.462. The van der Waals surface area contributed by atoms with Crippen LogP contribution in [0.4, 0.5) is 0 Å². The third kappa shape index (κ3) is 5.40. The van der Waals surface area contributed by atoms with Crippen LogP contribution in [0.5, 0.6) is 0 Å². The van der Waals surface area contributed by atoms with E-state index in [9.17, 15) is 13.2 Å². The van der Waals surface area contributed by atoms with Gasteiger partial charge in [0.25, 0.3) is 0 Å². The Bertz CT molecular complexity index is 637. The Hall–Kier alpha value is -0.860. The van der Waals surface area contributed by atoms with Crippen molar-refractivity contribution in [3.8, 4) is 0 Å². The Labute approximate surface area is 140 Å². The molecule has 0 saturated carbocycles. The van der Waals surface area contributed by atoms with Gasteiger partial charge in [0, 0.05) is 18.2 Å². The molecule has 0 aromatic heterocycles. The zero-order valence-electron chi connectivity index (χ0n) is 12.4. The van der Waals surface area contributed by atoms with Crippen molar-refractivity contribution in [2.75, 3.05) is 13.7 Å². The topological polar surface area (TPSA) is 84.5 Å². The summed E-state index contributed by atoms with van der Waals surface area (Å²) in [4.78, 5) is 11.8. The minimum absolute atomic E-state index is 0.0252. The van der Waals surface area contributed by atoms with Crippen LogP contribution in [-0.4, -0.2) is 40.1 Å². The Kier molecular flexibility index (Phi) is 7.08. The van der Waals surface area contributed by atoms with E-state index < -0.39 is 22.0 Å². The average Bonchev–Trinajstić information content (AvgIpc) is 2.41. The Balaban J connectivity index is 2.83. The monoisotopic (exact) mass is 368 g/mol. The first-order valence-electron chi connectivity index (χ1n) is 6.44. The van der Waals surface area contributed by atoms with Gasteiger partial charge in [-0.15, -0.1) is 0 Å². The summed E-state index contributed by atoms with van der Waals surface area (Å²) in [5.41, 5.74) is 0. The number of carbonyl (C=O) groups excluding carboxylic acids is 1. The first-order chi connectivity index (χ1) is 10.2. The number of ether oxygens (including phenoxy) is 1. The predicted octanol–water partition coefficient (Wildman–Crippen LogP) is 1.81. The number of amides is 1. The summed E-state index contributed by atoms with van der Waals surface area (Å²) < 4.78 is 31.7. The number of methoxy groups -OCH3 is 1. The van der Waals surface area contributed by atoms with E-state index in [1.54, 1.807) is 6.92 Å². The quantitative estimate of drug-likeness (QED) is 0.768. The van der Waals surface area contributed by atoms with Crippen LogP contribution in [0.25, 0.3) is 0 Å². The van der Waals surface area contributed by atoms with Gasteiger partial charge < -0.3 is 10.1 Å². The lowest BCUT2D eigenvalue weighted by atomic mass is 10.3. The van der Waals surface area contributed by atoms with Crippen molar-refractivity contribution in [2.45, 2.75) is 30.8 Å². The molecule has 6 nitrogen and oxygen atoms in total. The maximum atomic E-state index is 12.3. The van der Waals surface area contributed by atoms with Crippen molar-refractivity contribution in [3.63, 3.8) is 0 Å². The normalized spacial score (nSPS) is 14.4. The molecule has 0 bridgehead atoms. The van der Waals surface area contributed by atoms with Crippen LogP contribution >= 0.6 is 23.2 Å². The van der Waals surface area contributed by atoms with Gasteiger partial charge in [-0.2, -0.15) is 4.72 Å². The number of rotatable bonds is 7. The largest absolute Gasteiger partial charge is 0.383 e. The highest BCUT2D eigenvalue weighted by atomic mass is 35.5. The molecule has 0 spiro atoms. The number of hydrogen-bond donors (Lipinski definition) is 2. The number of benzene rings is 1. The second-order valence-corrected chi connectivity index (χ2v) is 7.31. The minimum Gasteiger partial charge on any atom is -0.383 e. The molecule has 0 radical (unpaired) electrons. The summed E-state index contributed by atoms with van der Waals surface area (Å²) in [5.74, 6) is -0.466. The van der Waals surface area contributed by atoms with E-state index in [-0.39, 0.29) is 21.0 Å². The van der Waals surface area contributed by atoms with Gasteiger partial charge in [0.15, 0.2) is 0 Å². The smallest absolute Gasteiger partial charge is 0.242 e. The van der Waals surface area contributed by atoms with Gasteiger partial charge in [-0.3, -0.25) is 4.79 Å². The van der Waals surface area contributed by atoms with Crippen molar-refractivity contribution < 1.29 is 17.9 Å². The zero-order valence-corrected chi connectivity index (χ0v) is 14.7. The van der Waals surface area contributed by atoms with Crippen molar-refractivity contribution in [1.29, 1.82) is 0 Å². The van der Waals surface area contributed by atoms with Crippen LogP contribution in [-0.2, 0) is 19.6 Å². The molecular formula is C13H18Cl2N2O4S. The minimum atomic E-state index is -3.96. The molecule has 0 aliphatic carbocycles. The van der Waals surface area contributed by atoms with Crippen molar-refractivity contribution in [2.24, 2.45) is 0 Å². The highest BCUT2D eigenvalue weighted by Gasteiger charge is 2.25. The summed E-state index contributed by atoms with van der Waals surface area (Å²) in [6, 6.07) is 2.87. The highest BCUT2D eigenvalue weighted by molar-refractivity contribution is 7.89. The van der Waals surface area contributed by atoms with E-state index in [1.807, 2.05) is 0 Å². The SMILES string of the molecule is COC[C@H](C)NC(=O)[C@@H](C)NS(=O)(=O)c1cc(Cl)ccc1Cl. The fourth-order valence-corrected chi connectivity index (χ4v) is 3.66. The molecule has 2 N–H and O–H groups in total. The molecule has 0 fully saturated rings. The molecule has 0 aliphatic rings. The first-order valence-corrected chi connectivity index (χ1v) is 8.68. The van der Waals surface area contributed by atoms with E-state index in [4.69, 9.17) is 27.9 Å². The molecule has 1 amide bonds. The van der Waals surface area contributed by atoms with Crippen LogP contribution in [0.15, 0.2) is 23.1 Å². The highest BCUT2D eigenvalue weighted by Crippen LogP contribution is 2.24. The second kappa shape index (κ2) is 8.12. The zero-order chi connectivity index (χ0) is 16.9. The van der Waals surface area contributed by atoms with Gasteiger partial charge in [0.2, 0.25) is 15.9 Å². The summed E-state index contributed by atoms with van der Waals surface area (Å²) in [6.07, 6.45) is 0. The number of nitrogens with one attached hydrogen (secondary N) is 2. The molecule has 0 unspecified atom stereocenters. The fourth-order valence-electron chi connectivity index (χ4n) is 1.69. The second-order valence-electron chi connectivity index (χ2n) is 4.78. The van der Waals surface area contributed by atoms with Gasteiger partial charge in [0.1, 0.15) is 4.90 Å². The van der Waals surface area contributed by atoms with Crippen LogP contribution in [0, 0.1) is 0 Å². The molecule has 1 rings (SSSR count). The summed E-state index contributed by atoms with van der Waals surface area (Å²) >= 11 is 11.7. The summed E-state index contributed by atoms with van der Waals surface area (Å²) in [5, 5.41) is 2.89. The summed E-state index contributed by atoms with van der Waals surface area (Å²) in [6.45, 7) is 3.51. The average molecular weight is 369 g/mol. The van der Waals surface area contributed by atoms with E-state index in [0.717, 1.165) is 0 Å². The van der Waals surface area contributed by atoms with Gasteiger partial charge in [-0.25, -0.2) is 8.42 Å². The Morgan fingerprint density at radius 3 is 2.55 bits per heavy atom. The van der Waals surface area contributed by atoms with E-state index in [2.05, 4.69) is 10.0 Å². The van der Waals surface area contributed by atoms with Crippen molar-refractivity contribution >= 4 is 39.1 Å². The third-order valence-corrected chi connectivity index (χ3v) is 4.97. The number of sulfonamides is 1. The lowest BCUT2D eigenvalue weighted by Crippen LogP contribution is -2.48. The van der Waals surface area contributed by atoms with Crippen LogP contribution < -0.4 is 10.0 Å². The van der Waals surface area contributed by atoms with Crippen LogP contribution in [0.3, 0.4) is 0 Å². The maximum Gasteiger partial charge on any atom is 0.242 e. The van der Waals surface area contributed by atoms with E-state index in [0.29, 0.717) is 6.61 Å². The lowest BCUT2D eigenvalue weighted by molar-refractivity contribution is -0.123. The van der Waals surface area contributed by atoms with Gasteiger partial charge in [-0.1, -0.05) is 23.2 Å². The lowest BCUT2D eigenvalue weighted by Gasteiger charge is -2.18. The molecule has 0 heterocycles. The van der Waals surface area contributed by atoms with Crippen LogP contribution in [0.1, 0.15) is 13.8 Å². The molecule has 0 aliphatic heterocycles. The Morgan fingerprint density at radius 2 is 1.95 bits per heavy atom. The molecular weight excluding hydrogens is 351 g/mol. The molecule has 2 atom stereocenters. The molecule has 9 heteroatoms. The third-order valence-electron chi connectivity index (χ3n) is 2.71. The number of halogens is 2. The van der Waals surface area contributed by atoms with Gasteiger partial charge in [-0.05, 0) is 32.0 Å².